The van der Waals surface area contributed by atoms with Gasteiger partial charge >= 0.3 is 0 Å². The predicted octanol–water partition coefficient (Wildman–Crippen LogP) is 5.44. The number of aliphatic hydroxyl groups excluding tert-OH is 1. The van der Waals surface area contributed by atoms with E-state index in [4.69, 9.17) is 9.29 Å². The SMILES string of the molecule is CC(C)CCCCCCCCCCCCCCCOS(=O)(=O)CCO. The van der Waals surface area contributed by atoms with Crippen LogP contribution in [-0.4, -0.2) is 32.5 Å². The van der Waals surface area contributed by atoms with Gasteiger partial charge in [-0.15, -0.1) is 0 Å². The van der Waals surface area contributed by atoms with Gasteiger partial charge in [0.2, 0.25) is 0 Å². The first-order valence-electron chi connectivity index (χ1n) is 10.5. The lowest BCUT2D eigenvalue weighted by Gasteiger charge is -2.05. The molecule has 5 heteroatoms. The summed E-state index contributed by atoms with van der Waals surface area (Å²) in [6, 6.07) is 0. The molecule has 0 heterocycles. The first kappa shape index (κ1) is 24.9. The zero-order valence-corrected chi connectivity index (χ0v) is 17.5. The Labute approximate surface area is 156 Å². The average Bonchev–Trinajstić information content (AvgIpc) is 2.54. The Hall–Kier alpha value is -0.130. The normalized spacial score (nSPS) is 12.2. The molecule has 25 heavy (non-hydrogen) atoms. The molecule has 152 valence electrons. The second-order valence-electron chi connectivity index (χ2n) is 7.59. The van der Waals surface area contributed by atoms with E-state index in [0.717, 1.165) is 25.2 Å². The Morgan fingerprint density at radius 3 is 1.52 bits per heavy atom. The number of hydrogen-bond acceptors (Lipinski definition) is 4. The van der Waals surface area contributed by atoms with Crippen LogP contribution in [0.1, 0.15) is 104 Å². The van der Waals surface area contributed by atoms with Crippen molar-refractivity contribution in [1.29, 1.82) is 0 Å². The van der Waals surface area contributed by atoms with Crippen LogP contribution >= 0.6 is 0 Å². The molecule has 0 aliphatic carbocycles. The fraction of sp³-hybridized carbons (Fsp3) is 1.00. The molecule has 0 fully saturated rings. The maximum absolute atomic E-state index is 11.2. The van der Waals surface area contributed by atoms with Crippen molar-refractivity contribution in [1.82, 2.24) is 0 Å². The minimum absolute atomic E-state index is 0.250. The maximum atomic E-state index is 11.2. The third-order valence-electron chi connectivity index (χ3n) is 4.53. The van der Waals surface area contributed by atoms with Gasteiger partial charge in [-0.1, -0.05) is 97.3 Å². The standard InChI is InChI=1S/C20H42O4S/c1-20(2)16-14-12-10-8-6-4-3-5-7-9-11-13-15-18-24-25(22,23)19-17-21/h20-21H,3-19H2,1-2H3. The van der Waals surface area contributed by atoms with Crippen LogP contribution in [-0.2, 0) is 14.3 Å². The Morgan fingerprint density at radius 1 is 0.720 bits per heavy atom. The van der Waals surface area contributed by atoms with Gasteiger partial charge in [-0.2, -0.15) is 8.42 Å². The van der Waals surface area contributed by atoms with E-state index in [-0.39, 0.29) is 19.0 Å². The first-order valence-corrected chi connectivity index (χ1v) is 12.0. The minimum atomic E-state index is -3.50. The number of rotatable bonds is 19. The van der Waals surface area contributed by atoms with Crippen molar-refractivity contribution >= 4 is 10.1 Å². The highest BCUT2D eigenvalue weighted by Crippen LogP contribution is 2.14. The summed E-state index contributed by atoms with van der Waals surface area (Å²) in [7, 11) is -3.50. The molecule has 0 unspecified atom stereocenters. The van der Waals surface area contributed by atoms with E-state index in [2.05, 4.69) is 13.8 Å². The molecular weight excluding hydrogens is 336 g/mol. The Balaban J connectivity index is 3.14. The van der Waals surface area contributed by atoms with Crippen LogP contribution in [0.4, 0.5) is 0 Å². The molecule has 0 aromatic heterocycles. The van der Waals surface area contributed by atoms with E-state index in [1.165, 1.54) is 70.6 Å². The van der Waals surface area contributed by atoms with Crippen molar-refractivity contribution in [3.05, 3.63) is 0 Å². The van der Waals surface area contributed by atoms with Crippen LogP contribution in [0.25, 0.3) is 0 Å². The van der Waals surface area contributed by atoms with Crippen molar-refractivity contribution in [3.63, 3.8) is 0 Å². The second kappa shape index (κ2) is 17.3. The summed E-state index contributed by atoms with van der Waals surface area (Å²) in [4.78, 5) is 0. The van der Waals surface area contributed by atoms with Crippen LogP contribution in [0.15, 0.2) is 0 Å². The van der Waals surface area contributed by atoms with E-state index in [0.29, 0.717) is 0 Å². The van der Waals surface area contributed by atoms with E-state index >= 15 is 0 Å². The number of unbranched alkanes of at least 4 members (excludes halogenated alkanes) is 12. The summed E-state index contributed by atoms with van der Waals surface area (Å²) >= 11 is 0. The Kier molecular flexibility index (Phi) is 17.2. The molecule has 0 aromatic carbocycles. The highest BCUT2D eigenvalue weighted by molar-refractivity contribution is 7.86. The molecule has 0 atom stereocenters. The third-order valence-corrected chi connectivity index (χ3v) is 5.74. The lowest BCUT2D eigenvalue weighted by Crippen LogP contribution is -2.14. The molecule has 1 N–H and O–H groups in total. The van der Waals surface area contributed by atoms with Crippen LogP contribution in [0.2, 0.25) is 0 Å². The highest BCUT2D eigenvalue weighted by atomic mass is 32.2. The molecule has 0 saturated carbocycles. The fourth-order valence-electron chi connectivity index (χ4n) is 2.96. The quantitative estimate of drug-likeness (QED) is 0.240. The van der Waals surface area contributed by atoms with Crippen LogP contribution in [0, 0.1) is 5.92 Å². The van der Waals surface area contributed by atoms with Gasteiger partial charge in [0.05, 0.1) is 19.0 Å². The molecule has 0 spiro atoms. The molecule has 0 aromatic rings. The summed E-state index contributed by atoms with van der Waals surface area (Å²) < 4.78 is 27.2. The van der Waals surface area contributed by atoms with E-state index in [1.54, 1.807) is 0 Å². The number of hydrogen-bond donors (Lipinski definition) is 1. The lowest BCUT2D eigenvalue weighted by atomic mass is 10.0. The molecule has 4 nitrogen and oxygen atoms in total. The summed E-state index contributed by atoms with van der Waals surface area (Å²) in [6.45, 7) is 4.48. The van der Waals surface area contributed by atoms with Gasteiger partial charge in [0.25, 0.3) is 10.1 Å². The average molecular weight is 379 g/mol. The lowest BCUT2D eigenvalue weighted by molar-refractivity contribution is 0.285. The van der Waals surface area contributed by atoms with Crippen molar-refractivity contribution in [3.8, 4) is 0 Å². The number of aliphatic hydroxyl groups is 1. The van der Waals surface area contributed by atoms with Crippen molar-refractivity contribution in [2.24, 2.45) is 5.92 Å². The summed E-state index contributed by atoms with van der Waals surface area (Å²) in [6.07, 6.45) is 17.9. The van der Waals surface area contributed by atoms with Gasteiger partial charge in [-0.3, -0.25) is 4.18 Å². The predicted molar refractivity (Wildman–Crippen MR) is 106 cm³/mol. The first-order chi connectivity index (χ1) is 12.0. The highest BCUT2D eigenvalue weighted by Gasteiger charge is 2.09. The van der Waals surface area contributed by atoms with Crippen LogP contribution in [0.5, 0.6) is 0 Å². The largest absolute Gasteiger partial charge is 0.395 e. The van der Waals surface area contributed by atoms with Crippen LogP contribution < -0.4 is 0 Å². The molecule has 0 amide bonds. The van der Waals surface area contributed by atoms with Gasteiger partial charge in [0.15, 0.2) is 0 Å². The van der Waals surface area contributed by atoms with Crippen molar-refractivity contribution in [2.45, 2.75) is 104 Å². The molecule has 0 rings (SSSR count). The van der Waals surface area contributed by atoms with Crippen LogP contribution in [0.3, 0.4) is 0 Å². The molecular formula is C20H42O4S. The van der Waals surface area contributed by atoms with E-state index in [1.807, 2.05) is 0 Å². The van der Waals surface area contributed by atoms with Gasteiger partial charge in [-0.25, -0.2) is 0 Å². The van der Waals surface area contributed by atoms with Gasteiger partial charge < -0.3 is 5.11 Å². The van der Waals surface area contributed by atoms with E-state index in [9.17, 15) is 8.42 Å². The summed E-state index contributed by atoms with van der Waals surface area (Å²) in [5, 5.41) is 8.59. The molecule has 0 radical (unpaired) electrons. The Bertz CT molecular complexity index is 366. The van der Waals surface area contributed by atoms with Gasteiger partial charge in [0, 0.05) is 0 Å². The monoisotopic (exact) mass is 378 g/mol. The molecule has 0 bridgehead atoms. The van der Waals surface area contributed by atoms with Gasteiger partial charge in [-0.05, 0) is 12.3 Å². The second-order valence-corrected chi connectivity index (χ2v) is 9.35. The van der Waals surface area contributed by atoms with Crippen molar-refractivity contribution < 1.29 is 17.7 Å². The smallest absolute Gasteiger partial charge is 0.269 e. The molecule has 0 aliphatic rings. The zero-order chi connectivity index (χ0) is 18.8. The maximum Gasteiger partial charge on any atom is 0.269 e. The van der Waals surface area contributed by atoms with Gasteiger partial charge in [0.1, 0.15) is 0 Å². The van der Waals surface area contributed by atoms with E-state index < -0.39 is 10.1 Å². The van der Waals surface area contributed by atoms with Crippen molar-refractivity contribution in [2.75, 3.05) is 19.0 Å². The topological polar surface area (TPSA) is 63.6 Å². The summed E-state index contributed by atoms with van der Waals surface area (Å²) in [5.74, 6) is 0.553. The summed E-state index contributed by atoms with van der Waals surface area (Å²) in [5.41, 5.74) is 0. The fourth-order valence-corrected chi connectivity index (χ4v) is 3.67. The zero-order valence-electron chi connectivity index (χ0n) is 16.7. The third kappa shape index (κ3) is 20.0. The molecule has 0 saturated heterocycles. The minimum Gasteiger partial charge on any atom is -0.395 e. The molecule has 0 aliphatic heterocycles. The Morgan fingerprint density at radius 2 is 1.12 bits per heavy atom.